The predicted molar refractivity (Wildman–Crippen MR) is 92.9 cm³/mol. The average molecular weight is 358 g/mol. The summed E-state index contributed by atoms with van der Waals surface area (Å²) in [5.74, 6) is -3.98. The number of hydrogen-bond acceptors (Lipinski definition) is 3. The minimum Gasteiger partial charge on any atom is -0.338 e. The topological polar surface area (TPSA) is 66.1 Å². The lowest BCUT2D eigenvalue weighted by molar-refractivity contribution is 0.262. The normalized spacial score (nSPS) is 10.3. The number of halogens is 3. The Balaban J connectivity index is 1.63. The fraction of sp³-hybridized carbons (Fsp3) is 0. The Bertz CT molecular complexity index is 918. The molecule has 3 aromatic rings. The van der Waals surface area contributed by atoms with Gasteiger partial charge in [-0.25, -0.2) is 22.9 Å². The number of nitrogens with zero attached hydrogens (tertiary/aromatic N) is 1. The Kier molecular flexibility index (Phi) is 5.02. The fourth-order valence-electron chi connectivity index (χ4n) is 2.12. The van der Waals surface area contributed by atoms with Crippen LogP contribution >= 0.6 is 0 Å². The van der Waals surface area contributed by atoms with Gasteiger partial charge in [0.15, 0.2) is 17.5 Å². The minimum absolute atomic E-state index is 0.198. The zero-order valence-corrected chi connectivity index (χ0v) is 13.3. The molecule has 5 nitrogen and oxygen atoms in total. The summed E-state index contributed by atoms with van der Waals surface area (Å²) >= 11 is 0. The maximum atomic E-state index is 13.6. The van der Waals surface area contributed by atoms with Gasteiger partial charge in [-0.3, -0.25) is 0 Å². The van der Waals surface area contributed by atoms with Crippen molar-refractivity contribution in [3.05, 3.63) is 78.2 Å². The van der Waals surface area contributed by atoms with Crippen molar-refractivity contribution >= 4 is 28.9 Å². The third-order valence-electron chi connectivity index (χ3n) is 3.35. The first-order valence-corrected chi connectivity index (χ1v) is 7.52. The summed E-state index contributed by atoms with van der Waals surface area (Å²) in [4.78, 5) is 15.9. The van der Waals surface area contributed by atoms with Gasteiger partial charge in [-0.15, -0.1) is 0 Å². The molecule has 0 spiro atoms. The van der Waals surface area contributed by atoms with Gasteiger partial charge in [-0.1, -0.05) is 18.2 Å². The van der Waals surface area contributed by atoms with Crippen LogP contribution in [0.4, 0.5) is 40.8 Å². The predicted octanol–water partition coefficient (Wildman–Crippen LogP) is 4.89. The van der Waals surface area contributed by atoms with E-state index in [1.54, 1.807) is 24.3 Å². The van der Waals surface area contributed by atoms with Gasteiger partial charge in [-0.05, 0) is 36.4 Å². The number of para-hydroxylation sites is 1. The van der Waals surface area contributed by atoms with E-state index in [2.05, 4.69) is 20.9 Å². The highest BCUT2D eigenvalue weighted by molar-refractivity contribution is 5.99. The van der Waals surface area contributed by atoms with E-state index in [4.69, 9.17) is 0 Å². The molecule has 26 heavy (non-hydrogen) atoms. The summed E-state index contributed by atoms with van der Waals surface area (Å²) in [6, 6.07) is 13.3. The van der Waals surface area contributed by atoms with Crippen LogP contribution in [0.5, 0.6) is 0 Å². The van der Waals surface area contributed by atoms with Crippen molar-refractivity contribution < 1.29 is 18.0 Å². The molecular weight excluding hydrogens is 345 g/mol. The van der Waals surface area contributed by atoms with Crippen LogP contribution in [0, 0.1) is 17.5 Å². The number of urea groups is 1. The van der Waals surface area contributed by atoms with E-state index in [9.17, 15) is 18.0 Å². The number of benzene rings is 2. The molecule has 3 N–H and O–H groups in total. The van der Waals surface area contributed by atoms with Crippen LogP contribution in [0.3, 0.4) is 0 Å². The molecule has 0 aliphatic carbocycles. The Morgan fingerprint density at radius 3 is 2.23 bits per heavy atom. The molecule has 0 saturated heterocycles. The number of carbonyl (C=O) groups is 1. The minimum atomic E-state index is -1.56. The zero-order chi connectivity index (χ0) is 18.5. The highest BCUT2D eigenvalue weighted by Gasteiger charge is 2.13. The van der Waals surface area contributed by atoms with E-state index in [1.807, 2.05) is 6.07 Å². The highest BCUT2D eigenvalue weighted by Crippen LogP contribution is 2.23. The second-order valence-electron chi connectivity index (χ2n) is 5.23. The summed E-state index contributed by atoms with van der Waals surface area (Å²) < 4.78 is 39.8. The van der Waals surface area contributed by atoms with Gasteiger partial charge >= 0.3 is 6.03 Å². The van der Waals surface area contributed by atoms with Crippen molar-refractivity contribution in [2.24, 2.45) is 0 Å². The van der Waals surface area contributed by atoms with Crippen LogP contribution in [0.15, 0.2) is 60.8 Å². The van der Waals surface area contributed by atoms with Crippen molar-refractivity contribution in [2.75, 3.05) is 16.0 Å². The average Bonchev–Trinajstić information content (AvgIpc) is 2.64. The van der Waals surface area contributed by atoms with Gasteiger partial charge in [0.05, 0.1) is 17.6 Å². The van der Waals surface area contributed by atoms with Crippen molar-refractivity contribution in [2.45, 2.75) is 0 Å². The number of carbonyl (C=O) groups excluding carboxylic acids is 1. The number of nitrogens with one attached hydrogen (secondary N) is 3. The van der Waals surface area contributed by atoms with E-state index < -0.39 is 23.5 Å². The molecule has 132 valence electrons. The first-order chi connectivity index (χ1) is 12.5. The first kappa shape index (κ1) is 17.3. The molecular formula is C18H13F3N4O. The molecule has 0 aliphatic heterocycles. The smallest absolute Gasteiger partial charge is 0.323 e. The maximum absolute atomic E-state index is 13.6. The fourth-order valence-corrected chi connectivity index (χ4v) is 2.12. The molecule has 0 atom stereocenters. The van der Waals surface area contributed by atoms with Gasteiger partial charge in [0.1, 0.15) is 5.82 Å². The van der Waals surface area contributed by atoms with Crippen LogP contribution in [0.2, 0.25) is 0 Å². The van der Waals surface area contributed by atoms with Crippen molar-refractivity contribution in [1.29, 1.82) is 0 Å². The second kappa shape index (κ2) is 7.56. The van der Waals surface area contributed by atoms with Crippen LogP contribution in [-0.2, 0) is 0 Å². The van der Waals surface area contributed by atoms with Gasteiger partial charge in [0.25, 0.3) is 0 Å². The number of amides is 2. The molecule has 2 amide bonds. The monoisotopic (exact) mass is 358 g/mol. The summed E-state index contributed by atoms with van der Waals surface area (Å²) in [7, 11) is 0. The van der Waals surface area contributed by atoms with E-state index in [-0.39, 0.29) is 11.5 Å². The van der Waals surface area contributed by atoms with Crippen molar-refractivity contribution in [1.82, 2.24) is 4.98 Å². The maximum Gasteiger partial charge on any atom is 0.323 e. The third kappa shape index (κ3) is 4.10. The molecule has 0 aliphatic rings. The van der Waals surface area contributed by atoms with Crippen LogP contribution in [0.1, 0.15) is 0 Å². The number of aromatic nitrogens is 1. The molecule has 0 bridgehead atoms. The number of anilines is 4. The number of pyridine rings is 1. The van der Waals surface area contributed by atoms with Gasteiger partial charge < -0.3 is 16.0 Å². The lowest BCUT2D eigenvalue weighted by Crippen LogP contribution is -2.19. The summed E-state index contributed by atoms with van der Waals surface area (Å²) in [6.07, 6.45) is 1.34. The van der Waals surface area contributed by atoms with Crippen LogP contribution in [-0.4, -0.2) is 11.0 Å². The van der Waals surface area contributed by atoms with Gasteiger partial charge in [0.2, 0.25) is 0 Å². The molecule has 0 fully saturated rings. The van der Waals surface area contributed by atoms with Crippen LogP contribution in [0.25, 0.3) is 0 Å². The molecule has 0 saturated carbocycles. The molecule has 1 aromatic heterocycles. The third-order valence-corrected chi connectivity index (χ3v) is 3.35. The first-order valence-electron chi connectivity index (χ1n) is 7.52. The largest absolute Gasteiger partial charge is 0.338 e. The molecule has 2 aromatic carbocycles. The van der Waals surface area contributed by atoms with Gasteiger partial charge in [-0.2, -0.15) is 0 Å². The SMILES string of the molecule is O=C(Nc1ccccc1)Nc1ccc(Nc2ccc(F)c(F)c2F)nc1. The lowest BCUT2D eigenvalue weighted by Gasteiger charge is -2.10. The van der Waals surface area contributed by atoms with E-state index in [1.165, 1.54) is 18.3 Å². The molecule has 0 unspecified atom stereocenters. The van der Waals surface area contributed by atoms with Crippen molar-refractivity contribution in [3.8, 4) is 0 Å². The quantitative estimate of drug-likeness (QED) is 0.582. The molecule has 3 rings (SSSR count). The van der Waals surface area contributed by atoms with Crippen LogP contribution < -0.4 is 16.0 Å². The molecule has 1 heterocycles. The van der Waals surface area contributed by atoms with E-state index in [0.29, 0.717) is 11.4 Å². The van der Waals surface area contributed by atoms with E-state index in [0.717, 1.165) is 12.1 Å². The van der Waals surface area contributed by atoms with Gasteiger partial charge in [0, 0.05) is 5.69 Å². The van der Waals surface area contributed by atoms with E-state index >= 15 is 0 Å². The molecule has 0 radical (unpaired) electrons. The summed E-state index contributed by atoms with van der Waals surface area (Å²) in [5, 5.41) is 7.77. The highest BCUT2D eigenvalue weighted by atomic mass is 19.2. The Morgan fingerprint density at radius 1 is 0.808 bits per heavy atom. The Hall–Kier alpha value is -3.55. The second-order valence-corrected chi connectivity index (χ2v) is 5.23. The summed E-state index contributed by atoms with van der Waals surface area (Å²) in [5.41, 5.74) is 0.777. The molecule has 8 heteroatoms. The Labute approximate surface area is 146 Å². The standard InChI is InChI=1S/C18H13F3N4O/c19-13-7-8-14(17(21)16(13)20)25-15-9-6-12(10-22-15)24-18(26)23-11-4-2-1-3-5-11/h1-10H,(H,22,25)(H2,23,24,26). The summed E-state index contributed by atoms with van der Waals surface area (Å²) in [6.45, 7) is 0. The Morgan fingerprint density at radius 2 is 1.54 bits per heavy atom. The number of hydrogen-bond donors (Lipinski definition) is 3. The number of rotatable bonds is 4. The van der Waals surface area contributed by atoms with Crippen molar-refractivity contribution in [3.63, 3.8) is 0 Å². The zero-order valence-electron chi connectivity index (χ0n) is 13.3. The lowest BCUT2D eigenvalue weighted by atomic mass is 10.2.